The largest absolute Gasteiger partial charge is 0.454 e. The van der Waals surface area contributed by atoms with Crippen LogP contribution >= 0.6 is 0 Å². The molecule has 0 radical (unpaired) electrons. The lowest BCUT2D eigenvalue weighted by molar-refractivity contribution is -0.116. The van der Waals surface area contributed by atoms with Crippen LogP contribution in [-0.4, -0.2) is 12.7 Å². The fourth-order valence-corrected chi connectivity index (χ4v) is 2.83. The summed E-state index contributed by atoms with van der Waals surface area (Å²) >= 11 is 0. The predicted molar refractivity (Wildman–Crippen MR) is 72.4 cm³/mol. The van der Waals surface area contributed by atoms with Gasteiger partial charge in [0, 0.05) is 18.2 Å². The van der Waals surface area contributed by atoms with Gasteiger partial charge >= 0.3 is 0 Å². The molecular formula is C15H19NO3. The Morgan fingerprint density at radius 3 is 2.84 bits per heavy atom. The third kappa shape index (κ3) is 3.00. The third-order valence-corrected chi connectivity index (χ3v) is 3.91. The smallest absolute Gasteiger partial charge is 0.231 e. The van der Waals surface area contributed by atoms with Gasteiger partial charge in [-0.25, -0.2) is 0 Å². The number of hydrogen-bond acceptors (Lipinski definition) is 3. The Labute approximate surface area is 113 Å². The zero-order chi connectivity index (χ0) is 13.1. The van der Waals surface area contributed by atoms with Crippen molar-refractivity contribution in [2.75, 3.05) is 12.1 Å². The van der Waals surface area contributed by atoms with Crippen LogP contribution in [0.4, 0.5) is 5.69 Å². The van der Waals surface area contributed by atoms with Gasteiger partial charge in [-0.15, -0.1) is 0 Å². The second-order valence-corrected chi connectivity index (χ2v) is 5.31. The minimum atomic E-state index is 0.0887. The fourth-order valence-electron chi connectivity index (χ4n) is 2.83. The maximum absolute atomic E-state index is 11.9. The Morgan fingerprint density at radius 1 is 1.21 bits per heavy atom. The lowest BCUT2D eigenvalue weighted by Crippen LogP contribution is -2.12. The van der Waals surface area contributed by atoms with Crippen LogP contribution in [-0.2, 0) is 4.79 Å². The van der Waals surface area contributed by atoms with Crippen LogP contribution in [0, 0.1) is 5.92 Å². The summed E-state index contributed by atoms with van der Waals surface area (Å²) in [5, 5.41) is 2.92. The molecule has 4 nitrogen and oxygen atoms in total. The first-order chi connectivity index (χ1) is 9.31. The molecule has 4 heteroatoms. The van der Waals surface area contributed by atoms with Crippen LogP contribution in [0.1, 0.15) is 38.5 Å². The van der Waals surface area contributed by atoms with E-state index in [0.717, 1.165) is 23.8 Å². The van der Waals surface area contributed by atoms with Crippen molar-refractivity contribution >= 4 is 11.6 Å². The van der Waals surface area contributed by atoms with E-state index in [1.54, 1.807) is 0 Å². The number of carbonyl (C=O) groups is 1. The van der Waals surface area contributed by atoms with Gasteiger partial charge < -0.3 is 14.8 Å². The van der Waals surface area contributed by atoms with Gasteiger partial charge in [-0.2, -0.15) is 0 Å². The molecule has 1 aliphatic heterocycles. The van der Waals surface area contributed by atoms with Crippen molar-refractivity contribution in [3.8, 4) is 11.5 Å². The van der Waals surface area contributed by atoms with E-state index in [4.69, 9.17) is 9.47 Å². The van der Waals surface area contributed by atoms with Crippen molar-refractivity contribution < 1.29 is 14.3 Å². The van der Waals surface area contributed by atoms with E-state index in [2.05, 4.69) is 5.32 Å². The van der Waals surface area contributed by atoms with Gasteiger partial charge in [-0.1, -0.05) is 25.7 Å². The van der Waals surface area contributed by atoms with E-state index >= 15 is 0 Å². The molecule has 1 fully saturated rings. The quantitative estimate of drug-likeness (QED) is 0.904. The van der Waals surface area contributed by atoms with Gasteiger partial charge in [0.15, 0.2) is 11.5 Å². The number of benzene rings is 1. The van der Waals surface area contributed by atoms with E-state index in [0.29, 0.717) is 12.2 Å². The molecule has 0 bridgehead atoms. The Balaban J connectivity index is 1.51. The Morgan fingerprint density at radius 2 is 2.00 bits per heavy atom. The first-order valence-electron chi connectivity index (χ1n) is 7.01. The average Bonchev–Trinajstić information content (AvgIpc) is 3.07. The Bertz CT molecular complexity index is 466. The van der Waals surface area contributed by atoms with Gasteiger partial charge in [-0.05, 0) is 24.5 Å². The lowest BCUT2D eigenvalue weighted by Gasteiger charge is -2.09. The van der Waals surface area contributed by atoms with Gasteiger partial charge in [-0.3, -0.25) is 4.79 Å². The Kier molecular flexibility index (Phi) is 3.58. The van der Waals surface area contributed by atoms with Gasteiger partial charge in [0.2, 0.25) is 12.7 Å². The third-order valence-electron chi connectivity index (χ3n) is 3.91. The van der Waals surface area contributed by atoms with E-state index in [1.165, 1.54) is 25.7 Å². The number of fused-ring (bicyclic) bond motifs is 1. The maximum Gasteiger partial charge on any atom is 0.231 e. The van der Waals surface area contributed by atoms with Crippen molar-refractivity contribution in [3.63, 3.8) is 0 Å². The highest BCUT2D eigenvalue weighted by Gasteiger charge is 2.17. The summed E-state index contributed by atoms with van der Waals surface area (Å²) < 4.78 is 10.5. The van der Waals surface area contributed by atoms with Crippen LogP contribution in [0.5, 0.6) is 11.5 Å². The SMILES string of the molecule is O=C(CCC1CCCC1)Nc1ccc2c(c1)OCO2. The molecule has 3 rings (SSSR count). The molecule has 19 heavy (non-hydrogen) atoms. The number of nitrogens with one attached hydrogen (secondary N) is 1. The zero-order valence-electron chi connectivity index (χ0n) is 11.0. The summed E-state index contributed by atoms with van der Waals surface area (Å²) in [6, 6.07) is 5.49. The van der Waals surface area contributed by atoms with Crippen LogP contribution in [0.25, 0.3) is 0 Å². The van der Waals surface area contributed by atoms with Crippen LogP contribution < -0.4 is 14.8 Å². The van der Waals surface area contributed by atoms with Crippen LogP contribution in [0.2, 0.25) is 0 Å². The molecule has 1 amide bonds. The highest BCUT2D eigenvalue weighted by molar-refractivity contribution is 5.91. The topological polar surface area (TPSA) is 47.6 Å². The van der Waals surface area contributed by atoms with E-state index in [9.17, 15) is 4.79 Å². The molecule has 0 atom stereocenters. The van der Waals surface area contributed by atoms with Gasteiger partial charge in [0.25, 0.3) is 0 Å². The molecule has 1 N–H and O–H groups in total. The molecule has 0 unspecified atom stereocenters. The normalized spacial score (nSPS) is 17.7. The minimum absolute atomic E-state index is 0.0887. The number of ether oxygens (including phenoxy) is 2. The highest BCUT2D eigenvalue weighted by atomic mass is 16.7. The summed E-state index contributed by atoms with van der Waals surface area (Å²) in [6.07, 6.45) is 6.85. The molecule has 0 aromatic heterocycles. The first kappa shape index (κ1) is 12.3. The molecule has 1 saturated carbocycles. The standard InChI is InChI=1S/C15H19NO3/c17-15(8-5-11-3-1-2-4-11)16-12-6-7-13-14(9-12)19-10-18-13/h6-7,9,11H,1-5,8,10H2,(H,16,17). The number of rotatable bonds is 4. The summed E-state index contributed by atoms with van der Waals surface area (Å²) in [6.45, 7) is 0.258. The van der Waals surface area contributed by atoms with Crippen molar-refractivity contribution in [2.24, 2.45) is 5.92 Å². The first-order valence-corrected chi connectivity index (χ1v) is 7.01. The maximum atomic E-state index is 11.9. The molecule has 0 spiro atoms. The van der Waals surface area contributed by atoms with Gasteiger partial charge in [0.05, 0.1) is 0 Å². The summed E-state index contributed by atoms with van der Waals surface area (Å²) in [5.41, 5.74) is 0.778. The van der Waals surface area contributed by atoms with Crippen LogP contribution in [0.3, 0.4) is 0 Å². The molecule has 1 aliphatic carbocycles. The fraction of sp³-hybridized carbons (Fsp3) is 0.533. The number of amides is 1. The van der Waals surface area contributed by atoms with Crippen molar-refractivity contribution in [1.82, 2.24) is 0 Å². The highest BCUT2D eigenvalue weighted by Crippen LogP contribution is 2.34. The number of carbonyl (C=O) groups excluding carboxylic acids is 1. The molecule has 102 valence electrons. The number of hydrogen-bond donors (Lipinski definition) is 1. The van der Waals surface area contributed by atoms with E-state index in [-0.39, 0.29) is 12.7 Å². The molecule has 2 aliphatic rings. The van der Waals surface area contributed by atoms with Crippen LogP contribution in [0.15, 0.2) is 18.2 Å². The summed E-state index contributed by atoms with van der Waals surface area (Å²) in [4.78, 5) is 11.9. The van der Waals surface area contributed by atoms with E-state index in [1.807, 2.05) is 18.2 Å². The monoisotopic (exact) mass is 261 g/mol. The second-order valence-electron chi connectivity index (χ2n) is 5.31. The molecule has 0 saturated heterocycles. The van der Waals surface area contributed by atoms with E-state index < -0.39 is 0 Å². The molecule has 1 aromatic carbocycles. The summed E-state index contributed by atoms with van der Waals surface area (Å²) in [5.74, 6) is 2.28. The van der Waals surface area contributed by atoms with Crippen molar-refractivity contribution in [2.45, 2.75) is 38.5 Å². The average molecular weight is 261 g/mol. The second kappa shape index (κ2) is 5.51. The molecule has 1 heterocycles. The number of anilines is 1. The zero-order valence-corrected chi connectivity index (χ0v) is 11.0. The van der Waals surface area contributed by atoms with Crippen molar-refractivity contribution in [3.05, 3.63) is 18.2 Å². The van der Waals surface area contributed by atoms with Gasteiger partial charge in [0.1, 0.15) is 0 Å². The van der Waals surface area contributed by atoms with Crippen molar-refractivity contribution in [1.29, 1.82) is 0 Å². The Hall–Kier alpha value is -1.71. The predicted octanol–water partition coefficient (Wildman–Crippen LogP) is 3.32. The minimum Gasteiger partial charge on any atom is -0.454 e. The summed E-state index contributed by atoms with van der Waals surface area (Å²) in [7, 11) is 0. The lowest BCUT2D eigenvalue weighted by atomic mass is 10.0. The molecular weight excluding hydrogens is 242 g/mol. The molecule has 1 aromatic rings.